The number of aromatic nitrogens is 3. The van der Waals surface area contributed by atoms with Gasteiger partial charge < -0.3 is 15.5 Å². The van der Waals surface area contributed by atoms with Crippen molar-refractivity contribution in [2.75, 3.05) is 13.1 Å². The average molecular weight is 479 g/mol. The molecule has 2 aromatic heterocycles. The summed E-state index contributed by atoms with van der Waals surface area (Å²) in [5, 5.41) is 9.71. The number of hydrogen-bond acceptors (Lipinski definition) is 5. The number of carbonyl (C=O) groups is 3. The Bertz CT molecular complexity index is 1200. The van der Waals surface area contributed by atoms with E-state index in [1.54, 1.807) is 30.2 Å². The van der Waals surface area contributed by atoms with Gasteiger partial charge in [0.2, 0.25) is 5.91 Å². The summed E-state index contributed by atoms with van der Waals surface area (Å²) in [7, 11) is 0. The van der Waals surface area contributed by atoms with Crippen LogP contribution in [0.2, 0.25) is 0 Å². The van der Waals surface area contributed by atoms with Gasteiger partial charge in [0.05, 0.1) is 0 Å². The monoisotopic (exact) mass is 478 g/mol. The van der Waals surface area contributed by atoms with Crippen LogP contribution < -0.4 is 10.6 Å². The first kappa shape index (κ1) is 24.1. The summed E-state index contributed by atoms with van der Waals surface area (Å²) in [5.41, 5.74) is 2.06. The second-order valence-corrected chi connectivity index (χ2v) is 8.40. The highest BCUT2D eigenvalue weighted by Crippen LogP contribution is 2.17. The summed E-state index contributed by atoms with van der Waals surface area (Å²) in [4.78, 5) is 44.1. The number of carbonyl (C=O) groups excluding carboxylic acids is 3. The number of amides is 3. The van der Waals surface area contributed by atoms with Crippen LogP contribution in [0.15, 0.2) is 54.7 Å². The molecular weight excluding hydrogens is 451 g/mol. The third-order valence-electron chi connectivity index (χ3n) is 5.75. The highest BCUT2D eigenvalue weighted by molar-refractivity contribution is 5.99. The van der Waals surface area contributed by atoms with Gasteiger partial charge in [-0.25, -0.2) is 4.39 Å². The Balaban J connectivity index is 1.34. The second-order valence-electron chi connectivity index (χ2n) is 8.40. The van der Waals surface area contributed by atoms with Crippen molar-refractivity contribution >= 4 is 17.7 Å². The lowest BCUT2D eigenvalue weighted by atomic mass is 10.2. The number of fused-ring (bicyclic) bond motifs is 1. The Labute approximate surface area is 202 Å². The summed E-state index contributed by atoms with van der Waals surface area (Å²) in [6, 6.07) is 12.3. The van der Waals surface area contributed by atoms with Gasteiger partial charge in [0, 0.05) is 50.6 Å². The molecule has 0 aliphatic carbocycles. The Morgan fingerprint density at radius 2 is 1.94 bits per heavy atom. The normalized spacial score (nSPS) is 14.1. The Morgan fingerprint density at radius 1 is 1.14 bits per heavy atom. The maximum Gasteiger partial charge on any atom is 0.272 e. The molecule has 1 aromatic carbocycles. The van der Waals surface area contributed by atoms with Gasteiger partial charge in [0.25, 0.3) is 11.8 Å². The number of nitrogens with zero attached hydrogens (tertiary/aromatic N) is 4. The molecule has 182 valence electrons. The molecule has 1 atom stereocenters. The molecule has 0 radical (unpaired) electrons. The van der Waals surface area contributed by atoms with Gasteiger partial charge in [-0.2, -0.15) is 5.10 Å². The maximum atomic E-state index is 13.2. The third-order valence-corrected chi connectivity index (χ3v) is 5.75. The van der Waals surface area contributed by atoms with E-state index in [2.05, 4.69) is 20.7 Å². The SMILES string of the molecule is C[C@H](NC(=O)c1cc2n(n1)CCCN(Cc1ccc(F)cc1)C2=O)C(=O)NCCc1ccccn1. The molecule has 0 saturated carbocycles. The van der Waals surface area contributed by atoms with Crippen molar-refractivity contribution in [2.24, 2.45) is 0 Å². The van der Waals surface area contributed by atoms with E-state index in [1.165, 1.54) is 22.9 Å². The zero-order chi connectivity index (χ0) is 24.8. The standard InChI is InChI=1S/C25H27FN6O3/c1-17(23(33)28-12-10-20-5-2-3-11-27-20)29-24(34)21-15-22-25(35)31(13-4-14-32(22)30-21)16-18-6-8-19(26)9-7-18/h2-3,5-9,11,15,17H,4,10,12-14,16H2,1H3,(H,28,33)(H,29,34)/t17-/m0/s1. The van der Waals surface area contributed by atoms with Crippen molar-refractivity contribution in [3.05, 3.63) is 83.2 Å². The molecule has 0 saturated heterocycles. The molecule has 4 rings (SSSR count). The fourth-order valence-electron chi connectivity index (χ4n) is 3.86. The van der Waals surface area contributed by atoms with Crippen molar-refractivity contribution in [3.8, 4) is 0 Å². The average Bonchev–Trinajstić information content (AvgIpc) is 3.23. The summed E-state index contributed by atoms with van der Waals surface area (Å²) in [6.45, 7) is 3.33. The van der Waals surface area contributed by atoms with Crippen molar-refractivity contribution in [1.29, 1.82) is 0 Å². The summed E-state index contributed by atoms with van der Waals surface area (Å²) in [6.07, 6.45) is 2.94. The zero-order valence-corrected chi connectivity index (χ0v) is 19.4. The lowest BCUT2D eigenvalue weighted by Gasteiger charge is -2.20. The molecule has 2 N–H and O–H groups in total. The van der Waals surface area contributed by atoms with Gasteiger partial charge in [-0.3, -0.25) is 24.0 Å². The Kier molecular flexibility index (Phi) is 7.49. The van der Waals surface area contributed by atoms with E-state index in [4.69, 9.17) is 0 Å². The van der Waals surface area contributed by atoms with E-state index in [0.29, 0.717) is 44.7 Å². The summed E-state index contributed by atoms with van der Waals surface area (Å²) >= 11 is 0. The minimum Gasteiger partial charge on any atom is -0.354 e. The molecule has 10 heteroatoms. The molecule has 0 bridgehead atoms. The number of nitrogens with one attached hydrogen (secondary N) is 2. The minimum atomic E-state index is -0.779. The zero-order valence-electron chi connectivity index (χ0n) is 19.4. The van der Waals surface area contributed by atoms with Gasteiger partial charge >= 0.3 is 0 Å². The topological polar surface area (TPSA) is 109 Å². The largest absolute Gasteiger partial charge is 0.354 e. The number of pyridine rings is 1. The number of rotatable bonds is 8. The van der Waals surface area contributed by atoms with Crippen LogP contribution in [0.5, 0.6) is 0 Å². The molecule has 0 spiro atoms. The Hall–Kier alpha value is -4.08. The molecule has 3 heterocycles. The van der Waals surface area contributed by atoms with Crippen molar-refractivity contribution < 1.29 is 18.8 Å². The van der Waals surface area contributed by atoms with Crippen molar-refractivity contribution in [3.63, 3.8) is 0 Å². The van der Waals surface area contributed by atoms with Crippen LogP contribution in [0.3, 0.4) is 0 Å². The molecule has 9 nitrogen and oxygen atoms in total. The van der Waals surface area contributed by atoms with Crippen LogP contribution in [-0.4, -0.2) is 56.5 Å². The minimum absolute atomic E-state index is 0.0742. The number of benzene rings is 1. The maximum absolute atomic E-state index is 13.2. The molecule has 1 aliphatic heterocycles. The summed E-state index contributed by atoms with van der Waals surface area (Å²) < 4.78 is 14.7. The predicted octanol–water partition coefficient (Wildman–Crippen LogP) is 1.94. The lowest BCUT2D eigenvalue weighted by molar-refractivity contribution is -0.122. The highest BCUT2D eigenvalue weighted by Gasteiger charge is 2.27. The molecule has 0 unspecified atom stereocenters. The van der Waals surface area contributed by atoms with Crippen LogP contribution in [-0.2, 0) is 24.3 Å². The molecule has 35 heavy (non-hydrogen) atoms. The first-order valence-corrected chi connectivity index (χ1v) is 11.5. The fourth-order valence-corrected chi connectivity index (χ4v) is 3.86. The van der Waals surface area contributed by atoms with Crippen molar-refractivity contribution in [1.82, 2.24) is 30.3 Å². The van der Waals surface area contributed by atoms with E-state index in [1.807, 2.05) is 18.2 Å². The summed E-state index contributed by atoms with van der Waals surface area (Å²) in [5.74, 6) is -1.44. The van der Waals surface area contributed by atoms with E-state index in [9.17, 15) is 18.8 Å². The van der Waals surface area contributed by atoms with Crippen LogP contribution >= 0.6 is 0 Å². The van der Waals surface area contributed by atoms with Crippen LogP contribution in [0.25, 0.3) is 0 Å². The predicted molar refractivity (Wildman–Crippen MR) is 126 cm³/mol. The Morgan fingerprint density at radius 3 is 2.69 bits per heavy atom. The molecule has 0 fully saturated rings. The van der Waals surface area contributed by atoms with E-state index < -0.39 is 11.9 Å². The van der Waals surface area contributed by atoms with Gasteiger partial charge in [-0.05, 0) is 43.2 Å². The first-order valence-electron chi connectivity index (χ1n) is 11.5. The van der Waals surface area contributed by atoms with Gasteiger partial charge in [0.15, 0.2) is 5.69 Å². The lowest BCUT2D eigenvalue weighted by Crippen LogP contribution is -2.45. The number of hydrogen-bond donors (Lipinski definition) is 2. The van der Waals surface area contributed by atoms with Crippen molar-refractivity contribution in [2.45, 2.75) is 38.9 Å². The van der Waals surface area contributed by atoms with Crippen LogP contribution in [0.1, 0.15) is 45.6 Å². The molecule has 3 amide bonds. The second kappa shape index (κ2) is 10.9. The highest BCUT2D eigenvalue weighted by atomic mass is 19.1. The van der Waals surface area contributed by atoms with Crippen LogP contribution in [0.4, 0.5) is 4.39 Å². The van der Waals surface area contributed by atoms with Crippen LogP contribution in [0, 0.1) is 5.82 Å². The van der Waals surface area contributed by atoms with Gasteiger partial charge in [-0.1, -0.05) is 18.2 Å². The molecular formula is C25H27FN6O3. The smallest absolute Gasteiger partial charge is 0.272 e. The quantitative estimate of drug-likeness (QED) is 0.514. The number of aryl methyl sites for hydroxylation is 1. The van der Waals surface area contributed by atoms with E-state index >= 15 is 0 Å². The molecule has 3 aromatic rings. The van der Waals surface area contributed by atoms with E-state index in [-0.39, 0.29) is 23.3 Å². The molecule has 1 aliphatic rings. The number of halogens is 1. The first-order chi connectivity index (χ1) is 16.9. The van der Waals surface area contributed by atoms with E-state index in [0.717, 1.165) is 11.3 Å². The third kappa shape index (κ3) is 6.08. The van der Waals surface area contributed by atoms with Gasteiger partial charge in [0.1, 0.15) is 17.6 Å². The van der Waals surface area contributed by atoms with Gasteiger partial charge in [-0.15, -0.1) is 0 Å². The fraction of sp³-hybridized carbons (Fsp3) is 0.320.